The number of nitrogens with zero attached hydrogens (tertiary/aromatic N) is 2. The van der Waals surface area contributed by atoms with Gasteiger partial charge in [0.25, 0.3) is 5.91 Å². The Bertz CT molecular complexity index is 1140. The monoisotopic (exact) mass is 375 g/mol. The van der Waals surface area contributed by atoms with E-state index in [-0.39, 0.29) is 12.5 Å². The average molecular weight is 375 g/mol. The van der Waals surface area contributed by atoms with Crippen LogP contribution in [0.15, 0.2) is 72.9 Å². The van der Waals surface area contributed by atoms with E-state index in [0.717, 1.165) is 5.56 Å². The van der Waals surface area contributed by atoms with Crippen LogP contribution in [-0.4, -0.2) is 21.9 Å². The molecule has 4 aromatic rings. The Morgan fingerprint density at radius 1 is 1.07 bits per heavy atom. The van der Waals surface area contributed by atoms with E-state index in [1.165, 1.54) is 6.07 Å². The number of hydrogen-bond acceptors (Lipinski definition) is 3. The Morgan fingerprint density at radius 2 is 1.82 bits per heavy atom. The van der Waals surface area contributed by atoms with Gasteiger partial charge >= 0.3 is 0 Å². The second kappa shape index (κ2) is 7.52. The Balaban J connectivity index is 1.68. The molecule has 2 aromatic heterocycles. The van der Waals surface area contributed by atoms with Gasteiger partial charge in [0.1, 0.15) is 28.7 Å². The lowest BCUT2D eigenvalue weighted by molar-refractivity contribution is -0.118. The lowest BCUT2D eigenvalue weighted by Crippen LogP contribution is -2.21. The molecule has 28 heavy (non-hydrogen) atoms. The second-order valence-corrected chi connectivity index (χ2v) is 6.37. The molecule has 0 radical (unpaired) electrons. The predicted molar refractivity (Wildman–Crippen MR) is 106 cm³/mol. The Morgan fingerprint density at radius 3 is 2.61 bits per heavy atom. The minimum absolute atomic E-state index is 0.167. The molecule has 0 aliphatic heterocycles. The van der Waals surface area contributed by atoms with Gasteiger partial charge in [0.2, 0.25) is 0 Å². The highest BCUT2D eigenvalue weighted by atomic mass is 19.1. The molecule has 0 aliphatic carbocycles. The van der Waals surface area contributed by atoms with E-state index in [4.69, 9.17) is 4.74 Å². The summed E-state index contributed by atoms with van der Waals surface area (Å²) in [5.74, 6) is 0.245. The van der Waals surface area contributed by atoms with Crippen LogP contribution in [0.3, 0.4) is 0 Å². The van der Waals surface area contributed by atoms with Gasteiger partial charge in [-0.05, 0) is 42.8 Å². The van der Waals surface area contributed by atoms with Crippen LogP contribution >= 0.6 is 0 Å². The number of imidazole rings is 1. The third-order valence-corrected chi connectivity index (χ3v) is 4.27. The number of aromatic nitrogens is 2. The normalized spacial score (nSPS) is 10.8. The number of ether oxygens (including phenoxy) is 1. The fraction of sp³-hybridized carbons (Fsp3) is 0.0909. The van der Waals surface area contributed by atoms with E-state index < -0.39 is 5.82 Å². The molecule has 0 aliphatic rings. The second-order valence-electron chi connectivity index (χ2n) is 6.37. The Kier molecular flexibility index (Phi) is 4.76. The largest absolute Gasteiger partial charge is 0.484 e. The van der Waals surface area contributed by atoms with Gasteiger partial charge < -0.3 is 10.1 Å². The summed E-state index contributed by atoms with van der Waals surface area (Å²) in [4.78, 5) is 17.0. The minimum Gasteiger partial charge on any atom is -0.484 e. The minimum atomic E-state index is -0.404. The van der Waals surface area contributed by atoms with Crippen molar-refractivity contribution in [2.24, 2.45) is 0 Å². The molecule has 0 unspecified atom stereocenters. The highest BCUT2D eigenvalue weighted by Gasteiger charge is 2.19. The van der Waals surface area contributed by atoms with E-state index in [0.29, 0.717) is 28.5 Å². The van der Waals surface area contributed by atoms with Crippen LogP contribution < -0.4 is 10.1 Å². The fourth-order valence-electron chi connectivity index (χ4n) is 2.95. The van der Waals surface area contributed by atoms with Crippen molar-refractivity contribution in [2.75, 3.05) is 11.9 Å². The number of rotatable bonds is 5. The molecule has 0 saturated heterocycles. The summed E-state index contributed by atoms with van der Waals surface area (Å²) in [7, 11) is 0. The van der Waals surface area contributed by atoms with Crippen molar-refractivity contribution in [3.8, 4) is 17.0 Å². The maximum atomic E-state index is 14.4. The number of amides is 1. The maximum absolute atomic E-state index is 14.4. The molecule has 1 amide bonds. The van der Waals surface area contributed by atoms with Crippen LogP contribution in [0.5, 0.6) is 5.75 Å². The number of benzene rings is 2. The van der Waals surface area contributed by atoms with Crippen LogP contribution in [0.1, 0.15) is 5.56 Å². The molecular formula is C22H18FN3O2. The molecule has 0 saturated carbocycles. The number of nitrogens with one attached hydrogen (secondary N) is 1. The summed E-state index contributed by atoms with van der Waals surface area (Å²) in [5.41, 5.74) is 2.30. The van der Waals surface area contributed by atoms with Gasteiger partial charge in [0.05, 0.1) is 0 Å². The third kappa shape index (κ3) is 3.57. The topological polar surface area (TPSA) is 55.6 Å². The fourth-order valence-corrected chi connectivity index (χ4v) is 2.95. The van der Waals surface area contributed by atoms with Crippen LogP contribution in [0.25, 0.3) is 16.9 Å². The molecule has 0 bridgehead atoms. The van der Waals surface area contributed by atoms with Crippen LogP contribution in [0.2, 0.25) is 0 Å². The molecule has 5 nitrogen and oxygen atoms in total. The number of para-hydroxylation sites is 1. The molecule has 2 heterocycles. The SMILES string of the molecule is Cc1ccc2nc(-c3ccccc3F)c(NC(=O)COc3ccccc3)n2c1. The summed E-state index contributed by atoms with van der Waals surface area (Å²) < 4.78 is 21.6. The number of fused-ring (bicyclic) bond motifs is 1. The maximum Gasteiger partial charge on any atom is 0.263 e. The van der Waals surface area contributed by atoms with Crippen molar-refractivity contribution in [1.82, 2.24) is 9.38 Å². The highest BCUT2D eigenvalue weighted by Crippen LogP contribution is 2.30. The van der Waals surface area contributed by atoms with Crippen LogP contribution in [-0.2, 0) is 4.79 Å². The van der Waals surface area contributed by atoms with Crippen molar-refractivity contribution in [3.63, 3.8) is 0 Å². The first kappa shape index (κ1) is 17.7. The molecule has 1 N–H and O–H groups in total. The number of halogens is 1. The van der Waals surface area contributed by atoms with Crippen molar-refractivity contribution in [3.05, 3.63) is 84.3 Å². The number of carbonyl (C=O) groups excluding carboxylic acids is 1. The van der Waals surface area contributed by atoms with Crippen molar-refractivity contribution in [1.29, 1.82) is 0 Å². The van der Waals surface area contributed by atoms with E-state index >= 15 is 0 Å². The summed E-state index contributed by atoms with van der Waals surface area (Å²) in [6.07, 6.45) is 1.85. The summed E-state index contributed by atoms with van der Waals surface area (Å²) >= 11 is 0. The zero-order valence-corrected chi connectivity index (χ0v) is 15.2. The first-order valence-electron chi connectivity index (χ1n) is 8.83. The molecule has 0 fully saturated rings. The first-order valence-corrected chi connectivity index (χ1v) is 8.83. The van der Waals surface area contributed by atoms with Crippen LogP contribution in [0.4, 0.5) is 10.2 Å². The van der Waals surface area contributed by atoms with Gasteiger partial charge in [0.15, 0.2) is 6.61 Å². The van der Waals surface area contributed by atoms with Crippen LogP contribution in [0, 0.1) is 12.7 Å². The number of pyridine rings is 1. The van der Waals surface area contributed by atoms with Gasteiger partial charge in [-0.2, -0.15) is 0 Å². The van der Waals surface area contributed by atoms with Gasteiger partial charge in [-0.1, -0.05) is 36.4 Å². The molecule has 2 aromatic carbocycles. The standard InChI is InChI=1S/C22H18FN3O2/c1-15-11-12-19-24-21(17-9-5-6-10-18(17)23)22(26(19)13-15)25-20(27)14-28-16-7-3-2-4-8-16/h2-13H,14H2,1H3,(H,25,27). The average Bonchev–Trinajstić information content (AvgIpc) is 3.05. The van der Waals surface area contributed by atoms with Gasteiger partial charge in [-0.25, -0.2) is 9.37 Å². The smallest absolute Gasteiger partial charge is 0.263 e. The van der Waals surface area contributed by atoms with Crippen molar-refractivity contribution in [2.45, 2.75) is 6.92 Å². The predicted octanol–water partition coefficient (Wildman–Crippen LogP) is 4.47. The highest BCUT2D eigenvalue weighted by molar-refractivity contribution is 5.95. The zero-order valence-electron chi connectivity index (χ0n) is 15.2. The first-order chi connectivity index (χ1) is 13.6. The number of anilines is 1. The molecule has 6 heteroatoms. The van der Waals surface area contributed by atoms with Gasteiger partial charge in [-0.15, -0.1) is 0 Å². The van der Waals surface area contributed by atoms with Crippen molar-refractivity contribution >= 4 is 17.4 Å². The van der Waals surface area contributed by atoms with Crippen molar-refractivity contribution < 1.29 is 13.9 Å². The van der Waals surface area contributed by atoms with E-state index in [9.17, 15) is 9.18 Å². The molecule has 0 spiro atoms. The molecule has 4 rings (SSSR count). The molecular weight excluding hydrogens is 357 g/mol. The summed E-state index contributed by atoms with van der Waals surface area (Å²) in [6.45, 7) is 1.77. The summed E-state index contributed by atoms with van der Waals surface area (Å²) in [6, 6.07) is 19.2. The van der Waals surface area contributed by atoms with E-state index in [2.05, 4.69) is 10.3 Å². The lowest BCUT2D eigenvalue weighted by atomic mass is 10.1. The van der Waals surface area contributed by atoms with E-state index in [1.54, 1.807) is 34.7 Å². The number of aryl methyl sites for hydroxylation is 1. The van der Waals surface area contributed by atoms with Gasteiger partial charge in [-0.3, -0.25) is 9.20 Å². The Hall–Kier alpha value is -3.67. The Labute approximate surface area is 161 Å². The molecule has 140 valence electrons. The zero-order chi connectivity index (χ0) is 19.5. The summed E-state index contributed by atoms with van der Waals surface area (Å²) in [5, 5.41) is 2.83. The number of carbonyl (C=O) groups is 1. The lowest BCUT2D eigenvalue weighted by Gasteiger charge is -2.10. The van der Waals surface area contributed by atoms with E-state index in [1.807, 2.05) is 43.5 Å². The third-order valence-electron chi connectivity index (χ3n) is 4.27. The van der Waals surface area contributed by atoms with Gasteiger partial charge in [0, 0.05) is 11.8 Å². The quantitative estimate of drug-likeness (QED) is 0.560. The number of hydrogen-bond donors (Lipinski definition) is 1. The molecule has 0 atom stereocenters.